The van der Waals surface area contributed by atoms with Gasteiger partial charge in [-0.2, -0.15) is 11.8 Å². The molecule has 1 N–H and O–H groups in total. The quantitative estimate of drug-likeness (QED) is 0.849. The number of rotatable bonds is 2. The molecular formula is C14H20BrNS. The van der Waals surface area contributed by atoms with Gasteiger partial charge in [-0.05, 0) is 48.3 Å². The average molecular weight is 314 g/mol. The number of halogens is 1. The second-order valence-electron chi connectivity index (χ2n) is 5.68. The number of thioether (sulfide) groups is 1. The standard InChI is InChI=1S/C14H20BrNS/c1-10-6-11(15)4-5-13(10)16-12-7-14(2,3)9-17-8-12/h4-6,12,16H,7-9H2,1-3H3. The van der Waals surface area contributed by atoms with Gasteiger partial charge in [0.2, 0.25) is 0 Å². The lowest BCUT2D eigenvalue weighted by atomic mass is 9.87. The van der Waals surface area contributed by atoms with Crippen LogP contribution < -0.4 is 5.32 Å². The Labute approximate surface area is 117 Å². The molecule has 1 aliphatic rings. The van der Waals surface area contributed by atoms with Crippen molar-refractivity contribution in [3.63, 3.8) is 0 Å². The molecular weight excluding hydrogens is 294 g/mol. The van der Waals surface area contributed by atoms with E-state index in [-0.39, 0.29) is 0 Å². The number of nitrogens with one attached hydrogen (secondary N) is 1. The minimum atomic E-state index is 0.462. The summed E-state index contributed by atoms with van der Waals surface area (Å²) in [6.07, 6.45) is 1.26. The molecule has 0 aliphatic carbocycles. The highest BCUT2D eigenvalue weighted by atomic mass is 79.9. The van der Waals surface area contributed by atoms with Crippen LogP contribution in [0.3, 0.4) is 0 Å². The Morgan fingerprint density at radius 2 is 2.18 bits per heavy atom. The molecule has 94 valence electrons. The molecule has 3 heteroatoms. The molecule has 2 rings (SSSR count). The Morgan fingerprint density at radius 1 is 1.41 bits per heavy atom. The predicted molar refractivity (Wildman–Crippen MR) is 82.0 cm³/mol. The highest BCUT2D eigenvalue weighted by molar-refractivity contribution is 9.10. The molecule has 0 radical (unpaired) electrons. The number of hydrogen-bond donors (Lipinski definition) is 1. The number of benzene rings is 1. The number of anilines is 1. The van der Waals surface area contributed by atoms with Crippen molar-refractivity contribution in [2.24, 2.45) is 5.41 Å². The molecule has 1 aromatic rings. The van der Waals surface area contributed by atoms with Crippen molar-refractivity contribution >= 4 is 33.4 Å². The van der Waals surface area contributed by atoms with Crippen LogP contribution in [0, 0.1) is 12.3 Å². The van der Waals surface area contributed by atoms with Crippen molar-refractivity contribution in [2.75, 3.05) is 16.8 Å². The van der Waals surface area contributed by atoms with Crippen molar-refractivity contribution in [1.29, 1.82) is 0 Å². The zero-order valence-corrected chi connectivity index (χ0v) is 13.1. The summed E-state index contributed by atoms with van der Waals surface area (Å²) in [5.41, 5.74) is 3.05. The molecule has 1 nitrogen and oxygen atoms in total. The van der Waals surface area contributed by atoms with E-state index in [0.29, 0.717) is 11.5 Å². The van der Waals surface area contributed by atoms with Crippen molar-refractivity contribution in [2.45, 2.75) is 33.2 Å². The third-order valence-corrected chi connectivity index (χ3v) is 5.28. The number of aryl methyl sites for hydroxylation is 1. The van der Waals surface area contributed by atoms with Crippen LogP contribution in [0.4, 0.5) is 5.69 Å². The van der Waals surface area contributed by atoms with Crippen LogP contribution in [0.1, 0.15) is 25.8 Å². The molecule has 1 heterocycles. The summed E-state index contributed by atoms with van der Waals surface area (Å²) in [5, 5.41) is 3.69. The fourth-order valence-electron chi connectivity index (χ4n) is 2.36. The first-order valence-corrected chi connectivity index (χ1v) is 8.01. The molecule has 1 saturated heterocycles. The van der Waals surface area contributed by atoms with Crippen LogP contribution in [0.25, 0.3) is 0 Å². The van der Waals surface area contributed by atoms with E-state index >= 15 is 0 Å². The van der Waals surface area contributed by atoms with Crippen molar-refractivity contribution in [1.82, 2.24) is 0 Å². The van der Waals surface area contributed by atoms with Gasteiger partial charge in [-0.1, -0.05) is 29.8 Å². The summed E-state index contributed by atoms with van der Waals surface area (Å²) < 4.78 is 1.15. The molecule has 1 fully saturated rings. The van der Waals surface area contributed by atoms with E-state index < -0.39 is 0 Å². The third kappa shape index (κ3) is 3.65. The van der Waals surface area contributed by atoms with Gasteiger partial charge in [0.25, 0.3) is 0 Å². The van der Waals surface area contributed by atoms with Crippen LogP contribution in [0.5, 0.6) is 0 Å². The van der Waals surface area contributed by atoms with E-state index in [1.54, 1.807) is 0 Å². The van der Waals surface area contributed by atoms with Crippen molar-refractivity contribution in [3.05, 3.63) is 28.2 Å². The lowest BCUT2D eigenvalue weighted by molar-refractivity contribution is 0.358. The first kappa shape index (κ1) is 13.3. The Kier molecular flexibility index (Phi) is 4.09. The largest absolute Gasteiger partial charge is 0.381 e. The Bertz CT molecular complexity index is 403. The van der Waals surface area contributed by atoms with Gasteiger partial charge in [-0.15, -0.1) is 0 Å². The lowest BCUT2D eigenvalue weighted by Gasteiger charge is -2.35. The monoisotopic (exact) mass is 313 g/mol. The van der Waals surface area contributed by atoms with Crippen molar-refractivity contribution < 1.29 is 0 Å². The summed E-state index contributed by atoms with van der Waals surface area (Å²) in [4.78, 5) is 0. The third-order valence-electron chi connectivity index (χ3n) is 3.16. The van der Waals surface area contributed by atoms with E-state index in [1.807, 2.05) is 0 Å². The lowest BCUT2D eigenvalue weighted by Crippen LogP contribution is -2.35. The minimum Gasteiger partial charge on any atom is -0.381 e. The van der Waals surface area contributed by atoms with E-state index in [0.717, 1.165) is 4.47 Å². The fraction of sp³-hybridized carbons (Fsp3) is 0.571. The van der Waals surface area contributed by atoms with Crippen LogP contribution in [-0.2, 0) is 0 Å². The highest BCUT2D eigenvalue weighted by Crippen LogP contribution is 2.35. The molecule has 0 bridgehead atoms. The average Bonchev–Trinajstić information content (AvgIpc) is 2.21. The van der Waals surface area contributed by atoms with E-state index in [4.69, 9.17) is 0 Å². The molecule has 17 heavy (non-hydrogen) atoms. The van der Waals surface area contributed by atoms with E-state index in [1.165, 1.54) is 29.2 Å². The Hall–Kier alpha value is -0.150. The van der Waals surface area contributed by atoms with Gasteiger partial charge < -0.3 is 5.32 Å². The van der Waals surface area contributed by atoms with Gasteiger partial charge in [-0.3, -0.25) is 0 Å². The van der Waals surface area contributed by atoms with E-state index in [9.17, 15) is 0 Å². The molecule has 0 aromatic heterocycles. The first-order valence-electron chi connectivity index (χ1n) is 6.07. The zero-order valence-electron chi connectivity index (χ0n) is 10.7. The first-order chi connectivity index (χ1) is 7.96. The van der Waals surface area contributed by atoms with Crippen LogP contribution >= 0.6 is 27.7 Å². The molecule has 1 aliphatic heterocycles. The zero-order chi connectivity index (χ0) is 12.5. The summed E-state index contributed by atoms with van der Waals surface area (Å²) >= 11 is 5.57. The van der Waals surface area contributed by atoms with Crippen LogP contribution in [0.2, 0.25) is 0 Å². The molecule has 1 unspecified atom stereocenters. The predicted octanol–water partition coefficient (Wildman–Crippen LogP) is 4.70. The van der Waals surface area contributed by atoms with Crippen LogP contribution in [-0.4, -0.2) is 17.5 Å². The SMILES string of the molecule is Cc1cc(Br)ccc1NC1CSCC(C)(C)C1. The molecule has 0 spiro atoms. The molecule has 1 aromatic carbocycles. The number of hydrogen-bond acceptors (Lipinski definition) is 2. The smallest absolute Gasteiger partial charge is 0.0373 e. The second kappa shape index (κ2) is 5.23. The minimum absolute atomic E-state index is 0.462. The highest BCUT2D eigenvalue weighted by Gasteiger charge is 2.28. The Morgan fingerprint density at radius 3 is 2.82 bits per heavy atom. The van der Waals surface area contributed by atoms with Gasteiger partial charge in [-0.25, -0.2) is 0 Å². The summed E-state index contributed by atoms with van der Waals surface area (Å²) in [7, 11) is 0. The Balaban J connectivity index is 2.05. The van der Waals surface area contributed by atoms with Gasteiger partial charge in [0.15, 0.2) is 0 Å². The summed E-state index contributed by atoms with van der Waals surface area (Å²) in [6, 6.07) is 7.05. The van der Waals surface area contributed by atoms with Gasteiger partial charge in [0.05, 0.1) is 0 Å². The maximum absolute atomic E-state index is 3.69. The summed E-state index contributed by atoms with van der Waals surface area (Å²) in [6.45, 7) is 6.89. The van der Waals surface area contributed by atoms with Crippen molar-refractivity contribution in [3.8, 4) is 0 Å². The normalized spacial score (nSPS) is 23.4. The maximum Gasteiger partial charge on any atom is 0.0373 e. The summed E-state index contributed by atoms with van der Waals surface area (Å²) in [5.74, 6) is 2.50. The topological polar surface area (TPSA) is 12.0 Å². The van der Waals surface area contributed by atoms with Gasteiger partial charge in [0.1, 0.15) is 0 Å². The fourth-order valence-corrected chi connectivity index (χ4v) is 4.11. The maximum atomic E-state index is 3.69. The van der Waals surface area contributed by atoms with E-state index in [2.05, 4.69) is 72.0 Å². The van der Waals surface area contributed by atoms with Gasteiger partial charge >= 0.3 is 0 Å². The molecule has 0 amide bonds. The van der Waals surface area contributed by atoms with Crippen LogP contribution in [0.15, 0.2) is 22.7 Å². The molecule has 0 saturated carbocycles. The second-order valence-corrected chi connectivity index (χ2v) is 7.63. The molecule has 1 atom stereocenters. The van der Waals surface area contributed by atoms with Gasteiger partial charge in [0, 0.05) is 22.0 Å².